The Labute approximate surface area is 255 Å². The molecule has 0 aromatic heterocycles. The molecule has 41 heavy (non-hydrogen) atoms. The van der Waals surface area contributed by atoms with Crippen LogP contribution in [0.15, 0.2) is 12.7 Å². The molecule has 8 nitrogen and oxygen atoms in total. The van der Waals surface area contributed by atoms with Gasteiger partial charge in [-0.05, 0) is 25.2 Å². The molecule has 5 N–H and O–H groups in total. The number of aliphatic hydroxyl groups excluding tert-OH is 1. The predicted octanol–water partition coefficient (Wildman–Crippen LogP) is 6.46. The summed E-state index contributed by atoms with van der Waals surface area (Å²) in [7, 11) is 0. The highest BCUT2D eigenvalue weighted by Crippen LogP contribution is 2.26. The Morgan fingerprint density at radius 2 is 1.34 bits per heavy atom. The molecule has 0 aliphatic heterocycles. The molecule has 0 radical (unpaired) electrons. The van der Waals surface area contributed by atoms with Crippen molar-refractivity contribution in [2.45, 2.75) is 147 Å². The second kappa shape index (κ2) is 38.1. The number of rotatable bonds is 10. The van der Waals surface area contributed by atoms with Crippen LogP contribution in [0.3, 0.4) is 0 Å². The van der Waals surface area contributed by atoms with Gasteiger partial charge in [0.1, 0.15) is 12.1 Å². The van der Waals surface area contributed by atoms with Crippen molar-refractivity contribution < 1.29 is 19.5 Å². The van der Waals surface area contributed by atoms with Gasteiger partial charge < -0.3 is 26.4 Å². The van der Waals surface area contributed by atoms with E-state index in [0.717, 1.165) is 11.8 Å². The lowest BCUT2D eigenvalue weighted by molar-refractivity contribution is -0.139. The van der Waals surface area contributed by atoms with Gasteiger partial charge in [0.2, 0.25) is 11.8 Å². The van der Waals surface area contributed by atoms with Gasteiger partial charge in [0.15, 0.2) is 0 Å². The van der Waals surface area contributed by atoms with Crippen molar-refractivity contribution in [2.24, 2.45) is 17.6 Å². The van der Waals surface area contributed by atoms with Crippen molar-refractivity contribution >= 4 is 17.7 Å². The van der Waals surface area contributed by atoms with Crippen LogP contribution in [0.5, 0.6) is 0 Å². The molecule has 2 fully saturated rings. The molecule has 2 unspecified atom stereocenters. The molecule has 0 spiro atoms. The van der Waals surface area contributed by atoms with Gasteiger partial charge in [-0.3, -0.25) is 14.4 Å². The Kier molecular flexibility index (Phi) is 45.3. The molecule has 0 saturated heterocycles. The third-order valence-corrected chi connectivity index (χ3v) is 5.76. The summed E-state index contributed by atoms with van der Waals surface area (Å²) in [6.07, 6.45) is 11.2. The molecular weight excluding hydrogens is 516 g/mol. The van der Waals surface area contributed by atoms with E-state index in [9.17, 15) is 19.5 Å². The number of hydrogen-bond acceptors (Lipinski definition) is 5. The molecular formula is C33H72N4O4. The lowest BCUT2D eigenvalue weighted by Gasteiger charge is -2.28. The Morgan fingerprint density at radius 3 is 1.66 bits per heavy atom. The summed E-state index contributed by atoms with van der Waals surface area (Å²) in [5, 5.41) is 14.5. The number of carbonyl (C=O) groups is 3. The topological polar surface area (TPSA) is 125 Å². The zero-order valence-electron chi connectivity index (χ0n) is 29.3. The van der Waals surface area contributed by atoms with E-state index >= 15 is 0 Å². The minimum absolute atomic E-state index is 0.176. The highest BCUT2D eigenvalue weighted by molar-refractivity contribution is 5.88. The molecule has 3 amide bonds. The summed E-state index contributed by atoms with van der Waals surface area (Å²) in [6.45, 7) is 27.8. The van der Waals surface area contributed by atoms with Crippen molar-refractivity contribution in [2.75, 3.05) is 26.2 Å². The fourth-order valence-electron chi connectivity index (χ4n) is 3.24. The van der Waals surface area contributed by atoms with E-state index < -0.39 is 24.0 Å². The molecule has 2 rings (SSSR count). The number of nitrogens with two attached hydrogens (primary N) is 1. The van der Waals surface area contributed by atoms with Gasteiger partial charge in [-0.25, -0.2) is 0 Å². The monoisotopic (exact) mass is 589 g/mol. The summed E-state index contributed by atoms with van der Waals surface area (Å²) in [5.74, 6) is 0.740. The van der Waals surface area contributed by atoms with E-state index in [0.29, 0.717) is 13.0 Å². The highest BCUT2D eigenvalue weighted by Gasteiger charge is 2.25. The molecule has 0 heterocycles. The van der Waals surface area contributed by atoms with Gasteiger partial charge in [-0.15, -0.1) is 6.58 Å². The van der Waals surface area contributed by atoms with Crippen LogP contribution in [0.2, 0.25) is 0 Å². The first-order chi connectivity index (χ1) is 19.7. The van der Waals surface area contributed by atoms with Gasteiger partial charge in [-0.1, -0.05) is 127 Å². The van der Waals surface area contributed by atoms with Gasteiger partial charge in [0, 0.05) is 13.1 Å². The second-order valence-corrected chi connectivity index (χ2v) is 9.19. The Hall–Kier alpha value is -1.93. The molecule has 0 aromatic carbocycles. The van der Waals surface area contributed by atoms with Crippen LogP contribution in [0.1, 0.15) is 134 Å². The molecule has 2 saturated carbocycles. The van der Waals surface area contributed by atoms with Crippen LogP contribution in [0.4, 0.5) is 0 Å². The standard InChI is InChI=1S/C14H26N4O4.C7H14.C4H8.4C2H6/c1-4-6-16-14(22)11(19)9-17-13(21)10(3)18(7-5-2)12(20)8-15;1-7-5-3-2-4-6-7;1-4-2-3-4;4*1-2/h4,10-11,19H,1,5-9,15H2,2-3H3,(H,16,22)(H,17,21);7H,2-6H2,1H3;4H,2-3H2,1H3;4*1-2H3. The first kappa shape index (κ1) is 48.8. The third-order valence-electron chi connectivity index (χ3n) is 5.76. The van der Waals surface area contributed by atoms with Gasteiger partial charge in [0.05, 0.1) is 13.1 Å². The van der Waals surface area contributed by atoms with Crippen LogP contribution < -0.4 is 16.4 Å². The minimum Gasteiger partial charge on any atom is -0.381 e. The Balaban J connectivity index is -0.000000183. The van der Waals surface area contributed by atoms with E-state index in [1.165, 1.54) is 55.9 Å². The Bertz CT molecular complexity index is 578. The maximum absolute atomic E-state index is 12.0. The van der Waals surface area contributed by atoms with Gasteiger partial charge >= 0.3 is 0 Å². The third kappa shape index (κ3) is 32.4. The van der Waals surface area contributed by atoms with E-state index in [4.69, 9.17) is 5.73 Å². The SMILES string of the molecule is C=CCNC(=O)C(O)CNC(=O)C(C)N(CCC)C(=O)CN.CC.CC.CC.CC.CC1CC1.CC1CCCCC1. The number of nitrogens with one attached hydrogen (secondary N) is 2. The highest BCUT2D eigenvalue weighted by atomic mass is 16.3. The zero-order chi connectivity index (χ0) is 33.2. The van der Waals surface area contributed by atoms with Crippen molar-refractivity contribution in [3.63, 3.8) is 0 Å². The van der Waals surface area contributed by atoms with Crippen molar-refractivity contribution in [1.82, 2.24) is 15.5 Å². The van der Waals surface area contributed by atoms with Crippen molar-refractivity contribution in [3.8, 4) is 0 Å². The van der Waals surface area contributed by atoms with Gasteiger partial charge in [-0.2, -0.15) is 0 Å². The molecule has 0 bridgehead atoms. The van der Waals surface area contributed by atoms with E-state index in [1.807, 2.05) is 62.3 Å². The molecule has 8 heteroatoms. The minimum atomic E-state index is -1.36. The molecule has 248 valence electrons. The number of nitrogens with zero attached hydrogens (tertiary/aromatic N) is 1. The average Bonchev–Trinajstić information content (AvgIpc) is 3.83. The van der Waals surface area contributed by atoms with E-state index in [-0.39, 0.29) is 25.5 Å². The molecule has 2 aliphatic carbocycles. The average molecular weight is 589 g/mol. The number of amides is 3. The van der Waals surface area contributed by atoms with E-state index in [2.05, 4.69) is 31.1 Å². The number of aliphatic hydroxyl groups is 1. The number of carbonyl (C=O) groups excluding carboxylic acids is 3. The quantitative estimate of drug-likeness (QED) is 0.218. The summed E-state index contributed by atoms with van der Waals surface area (Å²) < 4.78 is 0. The summed E-state index contributed by atoms with van der Waals surface area (Å²) >= 11 is 0. The molecule has 2 aliphatic rings. The normalized spacial score (nSPS) is 14.4. The van der Waals surface area contributed by atoms with Gasteiger partial charge in [0.25, 0.3) is 5.91 Å². The lowest BCUT2D eigenvalue weighted by Crippen LogP contribution is -2.52. The lowest BCUT2D eigenvalue weighted by atomic mass is 9.91. The largest absolute Gasteiger partial charge is 0.381 e. The van der Waals surface area contributed by atoms with Crippen LogP contribution in [-0.4, -0.2) is 66.1 Å². The van der Waals surface area contributed by atoms with Crippen LogP contribution in [0.25, 0.3) is 0 Å². The zero-order valence-corrected chi connectivity index (χ0v) is 29.3. The molecule has 0 aromatic rings. The van der Waals surface area contributed by atoms with Crippen LogP contribution >= 0.6 is 0 Å². The maximum atomic E-state index is 12.0. The summed E-state index contributed by atoms with van der Waals surface area (Å²) in [4.78, 5) is 36.5. The maximum Gasteiger partial charge on any atom is 0.250 e. The second-order valence-electron chi connectivity index (χ2n) is 9.19. The fourth-order valence-corrected chi connectivity index (χ4v) is 3.24. The van der Waals surface area contributed by atoms with Crippen molar-refractivity contribution in [1.29, 1.82) is 0 Å². The summed E-state index contributed by atoms with van der Waals surface area (Å²) in [5.41, 5.74) is 5.33. The number of hydrogen-bond donors (Lipinski definition) is 4. The smallest absolute Gasteiger partial charge is 0.250 e. The fraction of sp³-hybridized carbons (Fsp3) is 0.848. The van der Waals surface area contributed by atoms with E-state index in [1.54, 1.807) is 6.92 Å². The first-order valence-corrected chi connectivity index (χ1v) is 16.5. The first-order valence-electron chi connectivity index (χ1n) is 16.5. The van der Waals surface area contributed by atoms with Crippen LogP contribution in [-0.2, 0) is 14.4 Å². The van der Waals surface area contributed by atoms with Crippen molar-refractivity contribution in [3.05, 3.63) is 12.7 Å². The molecule has 2 atom stereocenters. The predicted molar refractivity (Wildman–Crippen MR) is 179 cm³/mol. The summed E-state index contributed by atoms with van der Waals surface area (Å²) in [6, 6.07) is -0.723. The van der Waals surface area contributed by atoms with Crippen LogP contribution in [0, 0.1) is 11.8 Å². The Morgan fingerprint density at radius 1 is 0.878 bits per heavy atom.